The molecular formula is C41H64O6. The maximum Gasteiger partial charge on any atom is 0.310 e. The molecule has 0 rings (SSSR count). The molecule has 0 aliphatic carbocycles. The second-order valence-electron chi connectivity index (χ2n) is 11.4. The zero-order chi connectivity index (χ0) is 34.5. The topological polar surface area (TPSA) is 78.9 Å². The van der Waals surface area contributed by atoms with Crippen molar-refractivity contribution in [3.05, 3.63) is 85.1 Å². The van der Waals surface area contributed by atoms with Crippen molar-refractivity contribution < 1.29 is 28.6 Å². The molecule has 264 valence electrons. The van der Waals surface area contributed by atoms with Gasteiger partial charge in [0.05, 0.1) is 12.8 Å². The molecular weight excluding hydrogens is 588 g/mol. The minimum Gasteiger partial charge on any atom is -0.462 e. The number of hydrogen-bond acceptors (Lipinski definition) is 6. The van der Waals surface area contributed by atoms with Crippen molar-refractivity contribution in [3.8, 4) is 0 Å². The maximum atomic E-state index is 12.5. The normalized spacial score (nSPS) is 13.0. The monoisotopic (exact) mass is 652 g/mol. The van der Waals surface area contributed by atoms with Crippen LogP contribution in [0.15, 0.2) is 85.1 Å². The molecule has 0 aromatic heterocycles. The van der Waals surface area contributed by atoms with E-state index in [1.165, 1.54) is 25.7 Å². The summed E-state index contributed by atoms with van der Waals surface area (Å²) in [6, 6.07) is 0. The van der Waals surface area contributed by atoms with E-state index in [0.29, 0.717) is 6.42 Å². The summed E-state index contributed by atoms with van der Waals surface area (Å²) in [6.45, 7) is 6.10. The van der Waals surface area contributed by atoms with E-state index in [9.17, 15) is 14.4 Å². The van der Waals surface area contributed by atoms with Gasteiger partial charge in [0.25, 0.3) is 0 Å². The van der Waals surface area contributed by atoms with Gasteiger partial charge >= 0.3 is 17.9 Å². The van der Waals surface area contributed by atoms with Gasteiger partial charge in [-0.2, -0.15) is 0 Å². The van der Waals surface area contributed by atoms with Crippen LogP contribution in [0.5, 0.6) is 0 Å². The van der Waals surface area contributed by atoms with Crippen molar-refractivity contribution in [1.82, 2.24) is 0 Å². The minimum absolute atomic E-state index is 0.0843. The van der Waals surface area contributed by atoms with E-state index < -0.39 is 18.0 Å². The highest BCUT2D eigenvalue weighted by molar-refractivity contribution is 5.72. The SMILES string of the molecule is CC/C=C\C/C=C\C/C=C\CC(=O)OCC(COC(=O)CCCCCCC/C=C\CCCC)OC(=O)C/C=C\C/C=C\C/C=C\CC. The summed E-state index contributed by atoms with van der Waals surface area (Å²) in [7, 11) is 0. The number of rotatable bonds is 30. The van der Waals surface area contributed by atoms with E-state index in [1.807, 2.05) is 18.2 Å². The lowest BCUT2D eigenvalue weighted by Crippen LogP contribution is -2.30. The van der Waals surface area contributed by atoms with Gasteiger partial charge in [0.1, 0.15) is 13.2 Å². The Bertz CT molecular complexity index is 982. The molecule has 0 N–H and O–H groups in total. The number of ether oxygens (including phenoxy) is 3. The number of esters is 3. The summed E-state index contributed by atoms with van der Waals surface area (Å²) < 4.78 is 16.3. The Hall–Kier alpha value is -3.41. The van der Waals surface area contributed by atoms with Crippen LogP contribution in [0.25, 0.3) is 0 Å². The first kappa shape index (κ1) is 43.6. The zero-order valence-electron chi connectivity index (χ0n) is 29.8. The van der Waals surface area contributed by atoms with E-state index in [4.69, 9.17) is 14.2 Å². The molecule has 0 aromatic carbocycles. The first-order valence-electron chi connectivity index (χ1n) is 18.1. The molecule has 0 aliphatic heterocycles. The van der Waals surface area contributed by atoms with E-state index >= 15 is 0 Å². The maximum absolute atomic E-state index is 12.5. The van der Waals surface area contributed by atoms with E-state index in [1.54, 1.807) is 12.2 Å². The molecule has 1 unspecified atom stereocenters. The van der Waals surface area contributed by atoms with Gasteiger partial charge < -0.3 is 14.2 Å². The molecule has 0 aliphatic rings. The van der Waals surface area contributed by atoms with E-state index in [-0.39, 0.29) is 32.0 Å². The molecule has 0 bridgehead atoms. The number of carbonyl (C=O) groups is 3. The number of unbranched alkanes of at least 4 members (excludes halogenated alkanes) is 7. The van der Waals surface area contributed by atoms with Crippen molar-refractivity contribution in [3.63, 3.8) is 0 Å². The van der Waals surface area contributed by atoms with E-state index in [0.717, 1.165) is 70.6 Å². The molecule has 0 heterocycles. The Morgan fingerprint density at radius 3 is 1.47 bits per heavy atom. The highest BCUT2D eigenvalue weighted by atomic mass is 16.6. The molecule has 47 heavy (non-hydrogen) atoms. The third kappa shape index (κ3) is 33.8. The number of allylic oxidation sites excluding steroid dienone is 12. The van der Waals surface area contributed by atoms with Gasteiger partial charge in [0.15, 0.2) is 6.10 Å². The molecule has 0 radical (unpaired) electrons. The summed E-state index contributed by atoms with van der Waals surface area (Å²) >= 11 is 0. The highest BCUT2D eigenvalue weighted by Gasteiger charge is 2.18. The molecule has 0 fully saturated rings. The van der Waals surface area contributed by atoms with Crippen LogP contribution in [0.3, 0.4) is 0 Å². The molecule has 0 spiro atoms. The van der Waals surface area contributed by atoms with Crippen molar-refractivity contribution in [2.45, 2.75) is 142 Å². The van der Waals surface area contributed by atoms with Crippen molar-refractivity contribution in [1.29, 1.82) is 0 Å². The van der Waals surface area contributed by atoms with Gasteiger partial charge in [-0.1, -0.05) is 138 Å². The molecule has 1 atom stereocenters. The lowest BCUT2D eigenvalue weighted by molar-refractivity contribution is -0.166. The number of carbonyl (C=O) groups excluding carboxylic acids is 3. The summed E-state index contributed by atoms with van der Waals surface area (Å²) in [5.74, 6) is -1.23. The molecule has 0 saturated carbocycles. The molecule has 6 nitrogen and oxygen atoms in total. The van der Waals surface area contributed by atoms with Crippen LogP contribution in [-0.4, -0.2) is 37.2 Å². The van der Waals surface area contributed by atoms with Crippen LogP contribution < -0.4 is 0 Å². The Balaban J connectivity index is 4.60. The Kier molecular flexibility index (Phi) is 32.9. The van der Waals surface area contributed by atoms with Gasteiger partial charge in [0.2, 0.25) is 0 Å². The third-order valence-corrected chi connectivity index (χ3v) is 6.93. The minimum atomic E-state index is -0.859. The first-order chi connectivity index (χ1) is 23.0. The van der Waals surface area contributed by atoms with Crippen LogP contribution >= 0.6 is 0 Å². The second-order valence-corrected chi connectivity index (χ2v) is 11.4. The number of hydrogen-bond donors (Lipinski definition) is 0. The predicted octanol–water partition coefficient (Wildman–Crippen LogP) is 11.0. The molecule has 0 saturated heterocycles. The average molecular weight is 653 g/mol. The lowest BCUT2D eigenvalue weighted by atomic mass is 10.1. The van der Waals surface area contributed by atoms with Gasteiger partial charge in [-0.05, 0) is 64.2 Å². The van der Waals surface area contributed by atoms with Crippen LogP contribution in [0.2, 0.25) is 0 Å². The van der Waals surface area contributed by atoms with E-state index in [2.05, 4.69) is 75.5 Å². The van der Waals surface area contributed by atoms with Crippen molar-refractivity contribution in [2.24, 2.45) is 0 Å². The van der Waals surface area contributed by atoms with Crippen molar-refractivity contribution >= 4 is 17.9 Å². The Morgan fingerprint density at radius 1 is 0.468 bits per heavy atom. The van der Waals surface area contributed by atoms with Crippen LogP contribution in [0.1, 0.15) is 136 Å². The quantitative estimate of drug-likeness (QED) is 0.0332. The molecule has 0 aromatic rings. The van der Waals surface area contributed by atoms with Crippen LogP contribution in [-0.2, 0) is 28.6 Å². The standard InChI is InChI=1S/C41H64O6/c1-4-7-10-13-16-19-20-23-25-28-31-34-40(43)46-37-38(47-41(44)35-32-29-26-22-18-15-12-9-6-3)36-45-39(42)33-30-27-24-21-17-14-11-8-5-2/h8-9,11-13,16-18,21-22,27,29-30,32,38H,4-7,10,14-15,19-20,23-26,28,31,33-37H2,1-3H3/b11-8-,12-9-,16-13-,21-17-,22-18-,30-27-,32-29-. The molecule has 6 heteroatoms. The fraction of sp³-hybridized carbons (Fsp3) is 0.585. The van der Waals surface area contributed by atoms with Crippen molar-refractivity contribution in [2.75, 3.05) is 13.2 Å². The fourth-order valence-corrected chi connectivity index (χ4v) is 4.25. The first-order valence-corrected chi connectivity index (χ1v) is 18.1. The third-order valence-electron chi connectivity index (χ3n) is 6.93. The Labute approximate surface area is 286 Å². The highest BCUT2D eigenvalue weighted by Crippen LogP contribution is 2.10. The smallest absolute Gasteiger partial charge is 0.310 e. The van der Waals surface area contributed by atoms with Gasteiger partial charge in [0, 0.05) is 6.42 Å². The summed E-state index contributed by atoms with van der Waals surface area (Å²) in [5, 5.41) is 0. The lowest BCUT2D eigenvalue weighted by Gasteiger charge is -2.17. The van der Waals surface area contributed by atoms with Gasteiger partial charge in [-0.3, -0.25) is 14.4 Å². The summed E-state index contributed by atoms with van der Waals surface area (Å²) in [5.41, 5.74) is 0. The van der Waals surface area contributed by atoms with Crippen LogP contribution in [0, 0.1) is 0 Å². The predicted molar refractivity (Wildman–Crippen MR) is 196 cm³/mol. The van der Waals surface area contributed by atoms with Crippen LogP contribution in [0.4, 0.5) is 0 Å². The average Bonchev–Trinajstić information content (AvgIpc) is 3.06. The largest absolute Gasteiger partial charge is 0.462 e. The van der Waals surface area contributed by atoms with Gasteiger partial charge in [-0.25, -0.2) is 0 Å². The summed E-state index contributed by atoms with van der Waals surface area (Å²) in [4.78, 5) is 37.1. The zero-order valence-corrected chi connectivity index (χ0v) is 29.8. The summed E-state index contributed by atoms with van der Waals surface area (Å²) in [6.07, 6.45) is 43.5. The molecule has 0 amide bonds. The van der Waals surface area contributed by atoms with Gasteiger partial charge in [-0.15, -0.1) is 0 Å². The fourth-order valence-electron chi connectivity index (χ4n) is 4.25. The second kappa shape index (κ2) is 35.4. The Morgan fingerprint density at radius 2 is 0.915 bits per heavy atom.